The molecule has 34 heavy (non-hydrogen) atoms. The lowest BCUT2D eigenvalue weighted by Crippen LogP contribution is -2.45. The van der Waals surface area contributed by atoms with Gasteiger partial charge in [-0.2, -0.15) is 0 Å². The minimum atomic E-state index is -0.267. The van der Waals surface area contributed by atoms with Crippen molar-refractivity contribution in [2.45, 2.75) is 26.0 Å². The summed E-state index contributed by atoms with van der Waals surface area (Å²) in [6.07, 6.45) is 3.16. The second-order valence-electron chi connectivity index (χ2n) is 8.21. The van der Waals surface area contributed by atoms with Crippen LogP contribution in [-0.4, -0.2) is 34.8 Å². The molecule has 0 spiro atoms. The molecule has 1 N–H and O–H groups in total. The highest BCUT2D eigenvalue weighted by Gasteiger charge is 2.29. The van der Waals surface area contributed by atoms with Crippen molar-refractivity contribution in [1.29, 1.82) is 0 Å². The minimum absolute atomic E-state index is 0.0739. The third-order valence-corrected chi connectivity index (χ3v) is 6.48. The van der Waals surface area contributed by atoms with Crippen molar-refractivity contribution in [2.24, 2.45) is 5.92 Å². The van der Waals surface area contributed by atoms with E-state index in [0.29, 0.717) is 47.7 Å². The van der Waals surface area contributed by atoms with E-state index in [-0.39, 0.29) is 17.7 Å². The van der Waals surface area contributed by atoms with Crippen LogP contribution < -0.4 is 10.1 Å². The predicted molar refractivity (Wildman–Crippen MR) is 132 cm³/mol. The maximum atomic E-state index is 12.9. The molecule has 6 nitrogen and oxygen atoms in total. The number of ether oxygens (including phenoxy) is 1. The van der Waals surface area contributed by atoms with Crippen LogP contribution in [0.4, 0.5) is 0 Å². The van der Waals surface area contributed by atoms with E-state index in [4.69, 9.17) is 27.9 Å². The highest BCUT2D eigenvalue weighted by molar-refractivity contribution is 6.42. The van der Waals surface area contributed by atoms with Gasteiger partial charge in [0.05, 0.1) is 16.0 Å². The van der Waals surface area contributed by atoms with E-state index in [9.17, 15) is 9.59 Å². The number of nitrogens with one attached hydrogen (secondary N) is 1. The van der Waals surface area contributed by atoms with E-state index in [1.165, 1.54) is 0 Å². The van der Waals surface area contributed by atoms with Crippen molar-refractivity contribution in [3.63, 3.8) is 0 Å². The number of halogens is 2. The topological polar surface area (TPSA) is 71.5 Å². The maximum absolute atomic E-state index is 12.9. The number of carbonyl (C=O) groups excluding carboxylic acids is 2. The van der Waals surface area contributed by atoms with Crippen LogP contribution in [-0.2, 0) is 17.9 Å². The smallest absolute Gasteiger partial charge is 0.253 e. The van der Waals surface area contributed by atoms with Crippen LogP contribution >= 0.6 is 23.2 Å². The highest BCUT2D eigenvalue weighted by Crippen LogP contribution is 2.25. The molecule has 2 amide bonds. The van der Waals surface area contributed by atoms with Gasteiger partial charge in [-0.3, -0.25) is 9.59 Å². The zero-order chi connectivity index (χ0) is 23.9. The molecule has 1 aromatic heterocycles. The molecule has 1 fully saturated rings. The zero-order valence-electron chi connectivity index (χ0n) is 18.5. The monoisotopic (exact) mass is 497 g/mol. The standard InChI is InChI=1S/C26H25Cl2N3O3/c27-22-9-8-20(14-23(22)28)26(33)31-12-4-7-21(16-31)25(32)30-15-19-10-11-29-24(13-19)34-17-18-5-2-1-3-6-18/h1-3,5-6,8-11,13-14,21H,4,7,12,15-17H2,(H,30,32). The number of benzene rings is 2. The molecule has 1 aliphatic heterocycles. The van der Waals surface area contributed by atoms with Crippen molar-refractivity contribution in [3.8, 4) is 5.88 Å². The van der Waals surface area contributed by atoms with Crippen molar-refractivity contribution in [3.05, 3.63) is 93.6 Å². The van der Waals surface area contributed by atoms with Gasteiger partial charge in [0.15, 0.2) is 0 Å². The second-order valence-corrected chi connectivity index (χ2v) is 9.03. The Morgan fingerprint density at radius 1 is 1.03 bits per heavy atom. The third kappa shape index (κ3) is 6.27. The van der Waals surface area contributed by atoms with E-state index < -0.39 is 0 Å². The summed E-state index contributed by atoms with van der Waals surface area (Å²) in [5.74, 6) is 0.0170. The molecule has 1 unspecified atom stereocenters. The Morgan fingerprint density at radius 3 is 2.65 bits per heavy atom. The summed E-state index contributed by atoms with van der Waals surface area (Å²) in [6.45, 7) is 1.76. The largest absolute Gasteiger partial charge is 0.473 e. The number of hydrogen-bond acceptors (Lipinski definition) is 4. The van der Waals surface area contributed by atoms with Gasteiger partial charge in [0.25, 0.3) is 5.91 Å². The van der Waals surface area contributed by atoms with Gasteiger partial charge >= 0.3 is 0 Å². The normalized spacial score (nSPS) is 15.6. The number of pyridine rings is 1. The maximum Gasteiger partial charge on any atom is 0.253 e. The second kappa shape index (κ2) is 11.4. The van der Waals surface area contributed by atoms with Gasteiger partial charge in [-0.05, 0) is 48.2 Å². The summed E-state index contributed by atoms with van der Waals surface area (Å²) < 4.78 is 5.77. The Balaban J connectivity index is 1.30. The van der Waals surface area contributed by atoms with Gasteiger partial charge < -0.3 is 15.0 Å². The average Bonchev–Trinajstić information content (AvgIpc) is 2.88. The van der Waals surface area contributed by atoms with Crippen molar-refractivity contribution >= 4 is 35.0 Å². The Hall–Kier alpha value is -3.09. The first-order valence-corrected chi connectivity index (χ1v) is 11.9. The lowest BCUT2D eigenvalue weighted by Gasteiger charge is -2.32. The van der Waals surface area contributed by atoms with Crippen LogP contribution in [0.15, 0.2) is 66.9 Å². The Kier molecular flexibility index (Phi) is 8.03. The molecule has 8 heteroatoms. The van der Waals surface area contributed by atoms with Gasteiger partial charge in [-0.1, -0.05) is 53.5 Å². The number of nitrogens with zero attached hydrogens (tertiary/aromatic N) is 2. The zero-order valence-corrected chi connectivity index (χ0v) is 20.1. The lowest BCUT2D eigenvalue weighted by atomic mass is 9.96. The number of hydrogen-bond donors (Lipinski definition) is 1. The number of likely N-dealkylation sites (tertiary alicyclic amines) is 1. The molecular weight excluding hydrogens is 473 g/mol. The van der Waals surface area contributed by atoms with Gasteiger partial charge in [0, 0.05) is 37.5 Å². The fourth-order valence-corrected chi connectivity index (χ4v) is 4.19. The number of carbonyl (C=O) groups is 2. The van der Waals surface area contributed by atoms with Gasteiger partial charge in [0.1, 0.15) is 6.61 Å². The van der Waals surface area contributed by atoms with Gasteiger partial charge in [0.2, 0.25) is 11.8 Å². The van der Waals surface area contributed by atoms with Crippen LogP contribution in [0.5, 0.6) is 5.88 Å². The van der Waals surface area contributed by atoms with Crippen molar-refractivity contribution in [1.82, 2.24) is 15.2 Å². The SMILES string of the molecule is O=C(NCc1ccnc(OCc2ccccc2)c1)C1CCCN(C(=O)c2ccc(Cl)c(Cl)c2)C1. The summed E-state index contributed by atoms with van der Waals surface area (Å²) in [6, 6.07) is 18.4. The van der Waals surface area contributed by atoms with E-state index >= 15 is 0 Å². The third-order valence-electron chi connectivity index (χ3n) is 5.74. The summed E-state index contributed by atoms with van der Waals surface area (Å²) in [4.78, 5) is 31.7. The molecule has 2 aromatic carbocycles. The molecule has 1 atom stereocenters. The Bertz CT molecular complexity index is 1160. The predicted octanol–water partition coefficient (Wildman–Crippen LogP) is 5.14. The van der Waals surface area contributed by atoms with E-state index in [1.54, 1.807) is 29.3 Å². The fourth-order valence-electron chi connectivity index (χ4n) is 3.89. The van der Waals surface area contributed by atoms with E-state index in [0.717, 1.165) is 24.0 Å². The molecule has 2 heterocycles. The molecule has 0 aliphatic carbocycles. The van der Waals surface area contributed by atoms with E-state index in [2.05, 4.69) is 10.3 Å². The number of amides is 2. The number of piperidine rings is 1. The molecule has 3 aromatic rings. The van der Waals surface area contributed by atoms with E-state index in [1.807, 2.05) is 42.5 Å². The highest BCUT2D eigenvalue weighted by atomic mass is 35.5. The molecule has 4 rings (SSSR count). The van der Waals surface area contributed by atoms with Crippen molar-refractivity contribution in [2.75, 3.05) is 13.1 Å². The first-order chi connectivity index (χ1) is 16.5. The van der Waals surface area contributed by atoms with Gasteiger partial charge in [-0.25, -0.2) is 4.98 Å². The first-order valence-electron chi connectivity index (χ1n) is 11.1. The lowest BCUT2D eigenvalue weighted by molar-refractivity contribution is -0.126. The van der Waals surface area contributed by atoms with Crippen LogP contribution in [0.3, 0.4) is 0 Å². The molecule has 0 saturated carbocycles. The number of rotatable bonds is 7. The fraction of sp³-hybridized carbons (Fsp3) is 0.269. The average molecular weight is 498 g/mol. The quantitative estimate of drug-likeness (QED) is 0.490. The molecule has 0 radical (unpaired) electrons. The van der Waals surface area contributed by atoms with Crippen LogP contribution in [0.1, 0.15) is 34.3 Å². The van der Waals surface area contributed by atoms with Crippen LogP contribution in [0.25, 0.3) is 0 Å². The van der Waals surface area contributed by atoms with Crippen LogP contribution in [0, 0.1) is 5.92 Å². The number of aromatic nitrogens is 1. The molecule has 0 bridgehead atoms. The van der Waals surface area contributed by atoms with Gasteiger partial charge in [-0.15, -0.1) is 0 Å². The molecular formula is C26H25Cl2N3O3. The minimum Gasteiger partial charge on any atom is -0.473 e. The summed E-state index contributed by atoms with van der Waals surface area (Å²) >= 11 is 12.0. The summed E-state index contributed by atoms with van der Waals surface area (Å²) in [5.41, 5.74) is 2.42. The first kappa shape index (κ1) is 24.0. The van der Waals surface area contributed by atoms with Crippen molar-refractivity contribution < 1.29 is 14.3 Å². The Morgan fingerprint density at radius 2 is 1.85 bits per heavy atom. The summed E-state index contributed by atoms with van der Waals surface area (Å²) in [5, 5.41) is 3.72. The van der Waals surface area contributed by atoms with Crippen LogP contribution in [0.2, 0.25) is 10.0 Å². The molecule has 1 aliphatic rings. The Labute approximate surface area is 208 Å². The summed E-state index contributed by atoms with van der Waals surface area (Å²) in [7, 11) is 0. The molecule has 176 valence electrons. The molecule has 1 saturated heterocycles.